The number of hydrogen-bond donors (Lipinski definition) is 0. The summed E-state index contributed by atoms with van der Waals surface area (Å²) in [6.07, 6.45) is 1.94. The Balaban J connectivity index is 1.97. The molecular formula is C16H13FN2O2. The number of fused-ring (bicyclic) bond motifs is 1. The summed E-state index contributed by atoms with van der Waals surface area (Å²) in [4.78, 5) is 9.91. The lowest BCUT2D eigenvalue weighted by Crippen LogP contribution is -2.00. The molecule has 0 atom stereocenters. The molecule has 3 rings (SSSR count). The minimum atomic E-state index is -0.801. The van der Waals surface area contributed by atoms with E-state index < -0.39 is 16.4 Å². The standard InChI is InChI=1S/C16H13FN2O2/c1-11-3-2-4-15-13(11)7-8-18(15)10-12-5-6-16(19(20)21)14(17)9-12/h2-9H,10H2,1H3. The summed E-state index contributed by atoms with van der Waals surface area (Å²) in [6, 6.07) is 12.1. The van der Waals surface area contributed by atoms with Crippen LogP contribution in [-0.4, -0.2) is 9.49 Å². The maximum atomic E-state index is 13.7. The third-order valence-corrected chi connectivity index (χ3v) is 3.59. The van der Waals surface area contributed by atoms with Gasteiger partial charge in [-0.15, -0.1) is 0 Å². The van der Waals surface area contributed by atoms with E-state index in [-0.39, 0.29) is 0 Å². The summed E-state index contributed by atoms with van der Waals surface area (Å²) in [7, 11) is 0. The van der Waals surface area contributed by atoms with E-state index in [1.54, 1.807) is 6.07 Å². The number of halogens is 1. The number of hydrogen-bond acceptors (Lipinski definition) is 2. The molecule has 0 aliphatic heterocycles. The molecule has 0 aliphatic carbocycles. The Kier molecular flexibility index (Phi) is 3.17. The van der Waals surface area contributed by atoms with Crippen molar-refractivity contribution in [3.05, 3.63) is 75.7 Å². The fourth-order valence-corrected chi connectivity index (χ4v) is 2.51. The molecule has 3 aromatic rings. The van der Waals surface area contributed by atoms with Gasteiger partial charge in [0.1, 0.15) is 0 Å². The van der Waals surface area contributed by atoms with Crippen molar-refractivity contribution < 1.29 is 9.31 Å². The van der Waals surface area contributed by atoms with Gasteiger partial charge >= 0.3 is 5.69 Å². The minimum absolute atomic E-state index is 0.474. The average Bonchev–Trinajstić information content (AvgIpc) is 2.83. The first-order valence-corrected chi connectivity index (χ1v) is 6.53. The molecular weight excluding hydrogens is 271 g/mol. The van der Waals surface area contributed by atoms with Crippen LogP contribution in [0.15, 0.2) is 48.7 Å². The first-order valence-electron chi connectivity index (χ1n) is 6.53. The molecule has 0 N–H and O–H groups in total. The van der Waals surface area contributed by atoms with E-state index in [2.05, 4.69) is 0 Å². The Hall–Kier alpha value is -2.69. The van der Waals surface area contributed by atoms with Gasteiger partial charge in [0.2, 0.25) is 5.82 Å². The van der Waals surface area contributed by atoms with Crippen molar-refractivity contribution in [1.82, 2.24) is 4.57 Å². The zero-order valence-electron chi connectivity index (χ0n) is 11.4. The summed E-state index contributed by atoms with van der Waals surface area (Å²) in [5, 5.41) is 11.8. The molecule has 106 valence electrons. The van der Waals surface area contributed by atoms with Gasteiger partial charge in [-0.2, -0.15) is 4.39 Å². The number of nitro groups is 1. The lowest BCUT2D eigenvalue weighted by Gasteiger charge is -2.06. The number of aromatic nitrogens is 1. The number of aryl methyl sites for hydroxylation is 1. The molecule has 1 heterocycles. The molecule has 0 spiro atoms. The van der Waals surface area contributed by atoms with Crippen LogP contribution in [0.25, 0.3) is 10.9 Å². The summed E-state index contributed by atoms with van der Waals surface area (Å²) in [5.41, 5.74) is 2.44. The van der Waals surface area contributed by atoms with Crippen LogP contribution in [0.1, 0.15) is 11.1 Å². The summed E-state index contributed by atoms with van der Waals surface area (Å²) in [6.45, 7) is 2.51. The molecule has 2 aromatic carbocycles. The van der Waals surface area contributed by atoms with Crippen LogP contribution < -0.4 is 0 Å². The largest absolute Gasteiger partial charge is 0.343 e. The molecule has 5 heteroatoms. The van der Waals surface area contributed by atoms with E-state index in [9.17, 15) is 14.5 Å². The number of nitro benzene ring substituents is 1. The topological polar surface area (TPSA) is 48.1 Å². The Morgan fingerprint density at radius 2 is 2.05 bits per heavy atom. The molecule has 0 saturated carbocycles. The smallest absolute Gasteiger partial charge is 0.304 e. The minimum Gasteiger partial charge on any atom is -0.343 e. The zero-order valence-corrected chi connectivity index (χ0v) is 11.4. The average molecular weight is 284 g/mol. The molecule has 0 radical (unpaired) electrons. The van der Waals surface area contributed by atoms with E-state index >= 15 is 0 Å². The van der Waals surface area contributed by atoms with Gasteiger partial charge < -0.3 is 4.57 Å². The van der Waals surface area contributed by atoms with Crippen LogP contribution in [0.3, 0.4) is 0 Å². The molecule has 0 aliphatic rings. The van der Waals surface area contributed by atoms with Crippen LogP contribution in [-0.2, 0) is 6.54 Å². The van der Waals surface area contributed by atoms with Gasteiger partial charge in [0.25, 0.3) is 0 Å². The van der Waals surface area contributed by atoms with Crippen molar-refractivity contribution in [2.45, 2.75) is 13.5 Å². The van der Waals surface area contributed by atoms with E-state index in [1.807, 2.05) is 42.0 Å². The van der Waals surface area contributed by atoms with Crippen LogP contribution in [0.4, 0.5) is 10.1 Å². The molecule has 0 bridgehead atoms. The van der Waals surface area contributed by atoms with Gasteiger partial charge in [-0.3, -0.25) is 10.1 Å². The van der Waals surface area contributed by atoms with E-state index in [0.717, 1.165) is 10.9 Å². The highest BCUT2D eigenvalue weighted by atomic mass is 19.1. The predicted molar refractivity (Wildman–Crippen MR) is 78.8 cm³/mol. The lowest BCUT2D eigenvalue weighted by molar-refractivity contribution is -0.387. The van der Waals surface area contributed by atoms with Crippen molar-refractivity contribution in [2.24, 2.45) is 0 Å². The fourth-order valence-electron chi connectivity index (χ4n) is 2.51. The van der Waals surface area contributed by atoms with Gasteiger partial charge in [-0.05, 0) is 36.2 Å². The molecule has 0 saturated heterocycles. The third kappa shape index (κ3) is 2.38. The van der Waals surface area contributed by atoms with E-state index in [0.29, 0.717) is 12.1 Å². The maximum Gasteiger partial charge on any atom is 0.304 e. The van der Waals surface area contributed by atoms with Gasteiger partial charge in [-0.25, -0.2) is 0 Å². The highest BCUT2D eigenvalue weighted by Crippen LogP contribution is 2.22. The quantitative estimate of drug-likeness (QED) is 0.538. The number of benzene rings is 2. The second kappa shape index (κ2) is 5.01. The normalized spacial score (nSPS) is 11.0. The van der Waals surface area contributed by atoms with Crippen molar-refractivity contribution in [3.8, 4) is 0 Å². The molecule has 0 amide bonds. The Labute approximate surface area is 120 Å². The predicted octanol–water partition coefficient (Wildman–Crippen LogP) is 4.05. The highest BCUT2D eigenvalue weighted by molar-refractivity contribution is 5.83. The molecule has 4 nitrogen and oxygen atoms in total. The monoisotopic (exact) mass is 284 g/mol. The van der Waals surface area contributed by atoms with Crippen molar-refractivity contribution >= 4 is 16.6 Å². The number of nitrogens with zero attached hydrogens (tertiary/aromatic N) is 2. The van der Waals surface area contributed by atoms with Crippen LogP contribution in [0.2, 0.25) is 0 Å². The van der Waals surface area contributed by atoms with E-state index in [4.69, 9.17) is 0 Å². The van der Waals surface area contributed by atoms with Crippen LogP contribution >= 0.6 is 0 Å². The summed E-state index contributed by atoms with van der Waals surface area (Å²) < 4.78 is 15.7. The summed E-state index contributed by atoms with van der Waals surface area (Å²) in [5.74, 6) is -0.801. The molecule has 1 aromatic heterocycles. The number of rotatable bonds is 3. The Morgan fingerprint density at radius 3 is 2.76 bits per heavy atom. The van der Waals surface area contributed by atoms with Crippen molar-refractivity contribution in [3.63, 3.8) is 0 Å². The maximum absolute atomic E-state index is 13.7. The first-order chi connectivity index (χ1) is 10.1. The zero-order chi connectivity index (χ0) is 15.0. The Morgan fingerprint density at radius 1 is 1.24 bits per heavy atom. The first kappa shape index (κ1) is 13.3. The third-order valence-electron chi connectivity index (χ3n) is 3.59. The van der Waals surface area contributed by atoms with Gasteiger partial charge in [0.15, 0.2) is 0 Å². The second-order valence-corrected chi connectivity index (χ2v) is 4.99. The highest BCUT2D eigenvalue weighted by Gasteiger charge is 2.14. The SMILES string of the molecule is Cc1cccc2c1ccn2Cc1ccc([N+](=O)[O-])c(F)c1. The lowest BCUT2D eigenvalue weighted by atomic mass is 10.1. The van der Waals surface area contributed by atoms with Crippen molar-refractivity contribution in [2.75, 3.05) is 0 Å². The van der Waals surface area contributed by atoms with Gasteiger partial charge in [0, 0.05) is 29.7 Å². The van der Waals surface area contributed by atoms with Gasteiger partial charge in [0.05, 0.1) is 4.92 Å². The summed E-state index contributed by atoms with van der Waals surface area (Å²) >= 11 is 0. The Bertz CT molecular complexity index is 839. The molecule has 0 unspecified atom stereocenters. The van der Waals surface area contributed by atoms with E-state index in [1.165, 1.54) is 17.7 Å². The molecule has 0 fully saturated rings. The van der Waals surface area contributed by atoms with Crippen molar-refractivity contribution in [1.29, 1.82) is 0 Å². The second-order valence-electron chi connectivity index (χ2n) is 4.99. The molecule has 21 heavy (non-hydrogen) atoms. The van der Waals surface area contributed by atoms with Gasteiger partial charge in [-0.1, -0.05) is 18.2 Å². The van der Waals surface area contributed by atoms with Crippen LogP contribution in [0.5, 0.6) is 0 Å². The van der Waals surface area contributed by atoms with Crippen LogP contribution in [0, 0.1) is 22.9 Å². The fraction of sp³-hybridized carbons (Fsp3) is 0.125.